The molecule has 3 heteroatoms. The Morgan fingerprint density at radius 1 is 1.11 bits per heavy atom. The van der Waals surface area contributed by atoms with Gasteiger partial charge in [0.15, 0.2) is 0 Å². The number of aryl methyl sites for hydroxylation is 1. The van der Waals surface area contributed by atoms with E-state index in [1.54, 1.807) is 6.07 Å². The highest BCUT2D eigenvalue weighted by molar-refractivity contribution is 5.61. The van der Waals surface area contributed by atoms with Crippen molar-refractivity contribution in [2.45, 2.75) is 13.3 Å². The second kappa shape index (κ2) is 5.33. The van der Waals surface area contributed by atoms with Gasteiger partial charge in [-0.05, 0) is 42.3 Å². The molecule has 2 aromatic carbocycles. The molecule has 0 heterocycles. The van der Waals surface area contributed by atoms with E-state index in [1.807, 2.05) is 30.3 Å². The summed E-state index contributed by atoms with van der Waals surface area (Å²) in [5.74, 6) is -0.415. The van der Waals surface area contributed by atoms with Crippen molar-refractivity contribution < 1.29 is 4.39 Å². The lowest BCUT2D eigenvalue weighted by Crippen LogP contribution is -1.92. The van der Waals surface area contributed by atoms with E-state index in [4.69, 9.17) is 5.26 Å². The van der Waals surface area contributed by atoms with Gasteiger partial charge in [-0.1, -0.05) is 19.1 Å². The van der Waals surface area contributed by atoms with Gasteiger partial charge in [-0.25, -0.2) is 4.39 Å². The molecular formula is C15H13FN2. The predicted octanol–water partition coefficient (Wildman–Crippen LogP) is 4.00. The largest absolute Gasteiger partial charge is 0.355 e. The minimum absolute atomic E-state index is 0.308. The van der Waals surface area contributed by atoms with Crippen molar-refractivity contribution in [3.05, 3.63) is 59.4 Å². The van der Waals surface area contributed by atoms with Gasteiger partial charge in [0.25, 0.3) is 0 Å². The Balaban J connectivity index is 2.22. The highest BCUT2D eigenvalue weighted by Gasteiger charge is 2.01. The molecule has 0 amide bonds. The first-order chi connectivity index (χ1) is 8.71. The van der Waals surface area contributed by atoms with Crippen LogP contribution in [0.2, 0.25) is 0 Å². The molecule has 0 atom stereocenters. The molecule has 0 radical (unpaired) electrons. The molecular weight excluding hydrogens is 227 g/mol. The summed E-state index contributed by atoms with van der Waals surface area (Å²) in [5.41, 5.74) is 3.01. The first kappa shape index (κ1) is 12.1. The van der Waals surface area contributed by atoms with Gasteiger partial charge in [0.2, 0.25) is 0 Å². The van der Waals surface area contributed by atoms with Crippen LogP contribution in [0.1, 0.15) is 18.1 Å². The quantitative estimate of drug-likeness (QED) is 0.880. The van der Waals surface area contributed by atoms with Crippen LogP contribution in [-0.2, 0) is 6.42 Å². The first-order valence-corrected chi connectivity index (χ1v) is 5.78. The normalized spacial score (nSPS) is 9.83. The molecule has 0 aliphatic carbocycles. The number of hydrogen-bond donors (Lipinski definition) is 1. The van der Waals surface area contributed by atoms with E-state index in [-0.39, 0.29) is 0 Å². The number of nitriles is 1. The van der Waals surface area contributed by atoms with Crippen molar-refractivity contribution >= 4 is 11.4 Å². The minimum Gasteiger partial charge on any atom is -0.355 e. The maximum absolute atomic E-state index is 13.2. The van der Waals surface area contributed by atoms with Gasteiger partial charge >= 0.3 is 0 Å². The van der Waals surface area contributed by atoms with Crippen LogP contribution in [0.4, 0.5) is 15.8 Å². The molecule has 18 heavy (non-hydrogen) atoms. The molecule has 2 nitrogen and oxygen atoms in total. The summed E-state index contributed by atoms with van der Waals surface area (Å²) >= 11 is 0. The van der Waals surface area contributed by atoms with Crippen LogP contribution in [0.5, 0.6) is 0 Å². The van der Waals surface area contributed by atoms with Gasteiger partial charge in [-0.2, -0.15) is 5.26 Å². The van der Waals surface area contributed by atoms with E-state index in [0.717, 1.165) is 12.1 Å². The third-order valence-electron chi connectivity index (χ3n) is 2.68. The molecule has 0 saturated carbocycles. The van der Waals surface area contributed by atoms with Crippen LogP contribution >= 0.6 is 0 Å². The van der Waals surface area contributed by atoms with Crippen molar-refractivity contribution in [3.8, 4) is 6.07 Å². The molecule has 0 spiro atoms. The zero-order valence-corrected chi connectivity index (χ0v) is 10.1. The molecule has 90 valence electrons. The van der Waals surface area contributed by atoms with Gasteiger partial charge in [0.05, 0.1) is 11.6 Å². The van der Waals surface area contributed by atoms with E-state index < -0.39 is 5.82 Å². The molecule has 0 fully saturated rings. The number of nitrogens with one attached hydrogen (secondary N) is 1. The summed E-state index contributed by atoms with van der Waals surface area (Å²) in [7, 11) is 0. The molecule has 0 aliphatic heterocycles. The van der Waals surface area contributed by atoms with Crippen LogP contribution < -0.4 is 5.32 Å². The molecule has 0 unspecified atom stereocenters. The van der Waals surface area contributed by atoms with Crippen molar-refractivity contribution in [2.24, 2.45) is 0 Å². The van der Waals surface area contributed by atoms with Crippen LogP contribution in [0, 0.1) is 17.1 Å². The second-order valence-corrected chi connectivity index (χ2v) is 4.02. The van der Waals surface area contributed by atoms with Crippen molar-refractivity contribution in [2.75, 3.05) is 5.32 Å². The molecule has 0 aromatic heterocycles. The maximum atomic E-state index is 13.2. The summed E-state index contributed by atoms with van der Waals surface area (Å²) in [4.78, 5) is 0. The van der Waals surface area contributed by atoms with Gasteiger partial charge in [0, 0.05) is 11.4 Å². The molecule has 1 N–H and O–H groups in total. The summed E-state index contributed by atoms with van der Waals surface area (Å²) in [6.45, 7) is 2.09. The monoisotopic (exact) mass is 240 g/mol. The van der Waals surface area contributed by atoms with Crippen LogP contribution in [0.15, 0.2) is 42.5 Å². The third kappa shape index (κ3) is 2.86. The smallest absolute Gasteiger partial charge is 0.126 e. The number of halogens is 1. The second-order valence-electron chi connectivity index (χ2n) is 4.02. The molecule has 2 rings (SSSR count). The summed E-state index contributed by atoms with van der Waals surface area (Å²) in [6.07, 6.45) is 0.985. The number of anilines is 2. The fourth-order valence-corrected chi connectivity index (χ4v) is 1.72. The van der Waals surface area contributed by atoms with E-state index in [0.29, 0.717) is 11.3 Å². The standard InChI is InChI=1S/C15H13FN2/c1-2-11-3-5-14(6-4-11)18-15-8-12(10-17)7-13(16)9-15/h3-9,18H,2H2,1H3. The maximum Gasteiger partial charge on any atom is 0.126 e. The Morgan fingerprint density at radius 3 is 2.44 bits per heavy atom. The Labute approximate surface area is 106 Å². The summed E-state index contributed by atoms with van der Waals surface area (Å²) in [6, 6.07) is 14.1. The first-order valence-electron chi connectivity index (χ1n) is 5.78. The van der Waals surface area contributed by atoms with E-state index in [2.05, 4.69) is 12.2 Å². The fourth-order valence-electron chi connectivity index (χ4n) is 1.72. The average Bonchev–Trinajstić information content (AvgIpc) is 2.39. The Hall–Kier alpha value is -2.34. The lowest BCUT2D eigenvalue weighted by molar-refractivity contribution is 0.628. The summed E-state index contributed by atoms with van der Waals surface area (Å²) in [5, 5.41) is 11.9. The van der Waals surface area contributed by atoms with Gasteiger partial charge in [0.1, 0.15) is 5.82 Å². The van der Waals surface area contributed by atoms with E-state index >= 15 is 0 Å². The lowest BCUT2D eigenvalue weighted by Gasteiger charge is -2.07. The van der Waals surface area contributed by atoms with E-state index in [9.17, 15) is 4.39 Å². The Bertz CT molecular complexity index is 582. The molecule has 0 aliphatic rings. The highest BCUT2D eigenvalue weighted by Crippen LogP contribution is 2.19. The SMILES string of the molecule is CCc1ccc(Nc2cc(F)cc(C#N)c2)cc1. The van der Waals surface area contributed by atoms with E-state index in [1.165, 1.54) is 17.7 Å². The number of hydrogen-bond acceptors (Lipinski definition) is 2. The number of benzene rings is 2. The topological polar surface area (TPSA) is 35.8 Å². The van der Waals surface area contributed by atoms with Crippen molar-refractivity contribution in [3.63, 3.8) is 0 Å². The number of nitrogens with zero attached hydrogens (tertiary/aromatic N) is 1. The molecule has 0 bridgehead atoms. The van der Waals surface area contributed by atoms with Crippen molar-refractivity contribution in [1.82, 2.24) is 0 Å². The van der Waals surface area contributed by atoms with Gasteiger partial charge in [-0.3, -0.25) is 0 Å². The lowest BCUT2D eigenvalue weighted by atomic mass is 10.1. The summed E-state index contributed by atoms with van der Waals surface area (Å²) < 4.78 is 13.2. The fraction of sp³-hybridized carbons (Fsp3) is 0.133. The third-order valence-corrected chi connectivity index (χ3v) is 2.68. The Morgan fingerprint density at radius 2 is 1.83 bits per heavy atom. The van der Waals surface area contributed by atoms with Crippen LogP contribution in [0.25, 0.3) is 0 Å². The molecule has 0 saturated heterocycles. The zero-order valence-electron chi connectivity index (χ0n) is 10.1. The average molecular weight is 240 g/mol. The van der Waals surface area contributed by atoms with Crippen LogP contribution in [-0.4, -0.2) is 0 Å². The zero-order chi connectivity index (χ0) is 13.0. The predicted molar refractivity (Wildman–Crippen MR) is 70.2 cm³/mol. The van der Waals surface area contributed by atoms with Gasteiger partial charge < -0.3 is 5.32 Å². The highest BCUT2D eigenvalue weighted by atomic mass is 19.1. The number of rotatable bonds is 3. The molecule has 2 aromatic rings. The van der Waals surface area contributed by atoms with Crippen molar-refractivity contribution in [1.29, 1.82) is 5.26 Å². The Kier molecular flexibility index (Phi) is 3.59. The minimum atomic E-state index is -0.415. The van der Waals surface area contributed by atoms with Crippen LogP contribution in [0.3, 0.4) is 0 Å². The van der Waals surface area contributed by atoms with Gasteiger partial charge in [-0.15, -0.1) is 0 Å².